The van der Waals surface area contributed by atoms with Crippen molar-refractivity contribution in [3.05, 3.63) is 36.0 Å². The zero-order chi connectivity index (χ0) is 66.1. The highest BCUT2D eigenvalue weighted by Gasteiger charge is 2.40. The smallest absolute Gasteiger partial charge is 0.328 e. The van der Waals surface area contributed by atoms with Gasteiger partial charge in [-0.05, 0) is 83.4 Å². The number of H-pyrrole nitrogens is 1. The SMILES string of the molecule is CC(NC(=O)C(NC(=O)C(Cc1c[nH]c2ccccc12)NC(=O)C(N)C(C)O)C(C)O)C(=O)NC(CC(N)=O)C(=O)NC(C(=O)NCC(=O)NC(CCCCN)C(=O)NCC(=O)NC(CCC(N)=O)C(=O)N1CCCC1C(=O)NC(CO)C(=O)O)C(C)C. The third-order valence-electron chi connectivity index (χ3n) is 14.0. The third-order valence-corrected chi connectivity index (χ3v) is 14.0. The summed E-state index contributed by atoms with van der Waals surface area (Å²) in [7, 11) is 0. The average molecular weight is 1250 g/mol. The standard InChI is InChI=1S/C54H84N16O18/c1-25(2)43(51(84)61-23-40(76)63-32(13-8-9-17-55)46(79)60-22-41(77)64-33(15-16-38(56)74)53(86)70-18-10-14-37(70)49(82)67-36(24-71)54(87)88)68-48(81)35(20-39(57)75)65-45(78)26(3)62-52(85)44(28(5)73)69-47(80)34(66-50(83)42(58)27(4)72)19-29-21-59-31-12-7-6-11-30(29)31/h6-7,11-12,21,25-28,32-37,42-44,59,71-73H,8-10,13-20,22-24,55,58H2,1-5H3,(H2,56,74)(H2,57,75)(H,60,79)(H,61,84)(H,62,85)(H,63,76)(H,64,77)(H,65,78)(H,66,83)(H,67,82)(H,68,81)(H,69,80)(H,87,88). The van der Waals surface area contributed by atoms with Crippen LogP contribution in [0.2, 0.25) is 0 Å². The summed E-state index contributed by atoms with van der Waals surface area (Å²) in [6.07, 6.45) is -1.91. The predicted molar refractivity (Wildman–Crippen MR) is 310 cm³/mol. The Kier molecular flexibility index (Phi) is 29.8. The Morgan fingerprint density at radius 2 is 1.24 bits per heavy atom. The van der Waals surface area contributed by atoms with Crippen molar-refractivity contribution >= 4 is 93.7 Å². The van der Waals surface area contributed by atoms with Gasteiger partial charge in [0.2, 0.25) is 76.8 Å². The lowest BCUT2D eigenvalue weighted by molar-refractivity contribution is -0.145. The van der Waals surface area contributed by atoms with Gasteiger partial charge in [-0.1, -0.05) is 32.0 Å². The molecule has 23 N–H and O–H groups in total. The number of para-hydroxylation sites is 1. The van der Waals surface area contributed by atoms with Crippen LogP contribution in [0.5, 0.6) is 0 Å². The maximum absolute atomic E-state index is 13.8. The number of nitrogens with zero attached hydrogens (tertiary/aromatic N) is 1. The van der Waals surface area contributed by atoms with Gasteiger partial charge in [0, 0.05) is 36.5 Å². The van der Waals surface area contributed by atoms with Crippen LogP contribution in [0.1, 0.15) is 91.5 Å². The van der Waals surface area contributed by atoms with E-state index in [4.69, 9.17) is 22.9 Å². The van der Waals surface area contributed by atoms with Crippen LogP contribution in [0, 0.1) is 5.92 Å². The molecule has 2 heterocycles. The molecule has 1 aliphatic heterocycles. The third kappa shape index (κ3) is 23.1. The molecule has 88 heavy (non-hydrogen) atoms. The average Bonchev–Trinajstić information content (AvgIpc) is 4.38. The fourth-order valence-corrected chi connectivity index (χ4v) is 9.06. The Morgan fingerprint density at radius 3 is 1.82 bits per heavy atom. The molecular formula is C54H84N16O18. The molecule has 2 aromatic rings. The number of carbonyl (C=O) groups is 14. The number of carboxylic acid groups (broad SMARTS) is 1. The molecule has 0 spiro atoms. The summed E-state index contributed by atoms with van der Waals surface area (Å²) in [6, 6.07) is -7.94. The van der Waals surface area contributed by atoms with E-state index < -0.39 is 194 Å². The molecule has 13 amide bonds. The number of aromatic nitrogens is 1. The highest BCUT2D eigenvalue weighted by atomic mass is 16.4. The quantitative estimate of drug-likeness (QED) is 0.0279. The molecule has 1 aliphatic rings. The van der Waals surface area contributed by atoms with Crippen molar-refractivity contribution < 1.29 is 87.5 Å². The number of amides is 13. The minimum atomic E-state index is -1.77. The van der Waals surface area contributed by atoms with Gasteiger partial charge < -0.3 is 106 Å². The summed E-state index contributed by atoms with van der Waals surface area (Å²) >= 11 is 0. The number of primary amides is 2. The van der Waals surface area contributed by atoms with Crippen molar-refractivity contribution in [2.75, 3.05) is 32.8 Å². The van der Waals surface area contributed by atoms with Crippen molar-refractivity contribution in [3.63, 3.8) is 0 Å². The Bertz CT molecular complexity index is 2830. The lowest BCUT2D eigenvalue weighted by Gasteiger charge is -2.29. The van der Waals surface area contributed by atoms with Crippen molar-refractivity contribution in [1.82, 2.24) is 63.1 Å². The number of nitrogens with two attached hydrogens (primary N) is 4. The van der Waals surface area contributed by atoms with Gasteiger partial charge in [0.15, 0.2) is 0 Å². The summed E-state index contributed by atoms with van der Waals surface area (Å²) in [5.74, 6) is -14.7. The molecule has 1 saturated heterocycles. The molecule has 12 atom stereocenters. The zero-order valence-corrected chi connectivity index (χ0v) is 49.6. The van der Waals surface area contributed by atoms with Crippen LogP contribution in [-0.4, -0.2) is 218 Å². The number of aromatic amines is 1. The number of nitrogens with one attached hydrogen (secondary N) is 11. The van der Waals surface area contributed by atoms with Crippen molar-refractivity contribution in [2.45, 2.75) is 165 Å². The largest absolute Gasteiger partial charge is 0.480 e. The Balaban J connectivity index is 1.66. The number of unbranched alkanes of at least 4 members (excludes halogenated alkanes) is 1. The van der Waals surface area contributed by atoms with Crippen molar-refractivity contribution in [3.8, 4) is 0 Å². The molecule has 0 radical (unpaired) electrons. The fourth-order valence-electron chi connectivity index (χ4n) is 9.06. The zero-order valence-electron chi connectivity index (χ0n) is 49.6. The minimum Gasteiger partial charge on any atom is -0.480 e. The first-order valence-corrected chi connectivity index (χ1v) is 28.4. The van der Waals surface area contributed by atoms with Gasteiger partial charge in [-0.25, -0.2) is 4.79 Å². The molecule has 34 nitrogen and oxygen atoms in total. The number of aliphatic carboxylic acids is 1. The van der Waals surface area contributed by atoms with Crippen molar-refractivity contribution in [2.24, 2.45) is 28.9 Å². The topological polar surface area (TPSA) is 563 Å². The van der Waals surface area contributed by atoms with Gasteiger partial charge in [-0.3, -0.25) is 62.3 Å². The number of fused-ring (bicyclic) bond motifs is 1. The van der Waals surface area contributed by atoms with E-state index in [1.165, 1.54) is 27.7 Å². The normalized spacial score (nSPS) is 16.7. The maximum Gasteiger partial charge on any atom is 0.328 e. The second-order valence-corrected chi connectivity index (χ2v) is 21.5. The van der Waals surface area contributed by atoms with Crippen LogP contribution in [0.15, 0.2) is 30.5 Å². The van der Waals surface area contributed by atoms with Crippen LogP contribution in [0.25, 0.3) is 10.9 Å². The maximum atomic E-state index is 13.8. The molecule has 1 aromatic carbocycles. The highest BCUT2D eigenvalue weighted by Crippen LogP contribution is 2.21. The van der Waals surface area contributed by atoms with Crippen LogP contribution in [0.3, 0.4) is 0 Å². The molecule has 1 fully saturated rings. The van der Waals surface area contributed by atoms with Gasteiger partial charge in [0.05, 0.1) is 38.3 Å². The number of hydrogen-bond acceptors (Lipinski definition) is 19. The molecule has 0 bridgehead atoms. The van der Waals surface area contributed by atoms with Gasteiger partial charge in [-0.15, -0.1) is 0 Å². The van der Waals surface area contributed by atoms with Gasteiger partial charge in [0.1, 0.15) is 60.4 Å². The number of rotatable bonds is 37. The molecule has 488 valence electrons. The van der Waals surface area contributed by atoms with Crippen LogP contribution >= 0.6 is 0 Å². The monoisotopic (exact) mass is 1240 g/mol. The van der Waals surface area contributed by atoms with Crippen LogP contribution < -0.4 is 76.1 Å². The fraction of sp³-hybridized carbons (Fsp3) is 0.593. The van der Waals surface area contributed by atoms with E-state index in [2.05, 4.69) is 58.2 Å². The summed E-state index contributed by atoms with van der Waals surface area (Å²) in [5.41, 5.74) is 23.5. The molecule has 0 saturated carbocycles. The highest BCUT2D eigenvalue weighted by molar-refractivity contribution is 6.00. The van der Waals surface area contributed by atoms with Gasteiger partial charge in [0.25, 0.3) is 0 Å². The molecule has 34 heteroatoms. The van der Waals surface area contributed by atoms with E-state index >= 15 is 0 Å². The summed E-state index contributed by atoms with van der Waals surface area (Å²) in [6.45, 7) is 4.34. The van der Waals surface area contributed by atoms with Crippen molar-refractivity contribution in [1.29, 1.82) is 0 Å². The first-order chi connectivity index (χ1) is 41.4. The number of hydrogen-bond donors (Lipinski definition) is 19. The van der Waals surface area contributed by atoms with Crippen LogP contribution in [0.4, 0.5) is 0 Å². The number of likely N-dealkylation sites (tertiary alicyclic amines) is 1. The molecule has 12 unspecified atom stereocenters. The molecule has 3 rings (SSSR count). The summed E-state index contributed by atoms with van der Waals surface area (Å²) in [5, 5.41) is 63.5. The van der Waals surface area contributed by atoms with E-state index in [0.717, 1.165) is 11.8 Å². The van der Waals surface area contributed by atoms with Crippen LogP contribution in [-0.2, 0) is 73.5 Å². The Hall–Kier alpha value is -8.86. The molecular weight excluding hydrogens is 1160 g/mol. The predicted octanol–water partition coefficient (Wildman–Crippen LogP) is -8.08. The van der Waals surface area contributed by atoms with E-state index in [1.54, 1.807) is 30.5 Å². The lowest BCUT2D eigenvalue weighted by Crippen LogP contribution is -2.62. The van der Waals surface area contributed by atoms with Gasteiger partial charge in [-0.2, -0.15) is 0 Å². The number of carbonyl (C=O) groups excluding carboxylic acids is 13. The lowest BCUT2D eigenvalue weighted by atomic mass is 10.0. The summed E-state index contributed by atoms with van der Waals surface area (Å²) < 4.78 is 0. The minimum absolute atomic E-state index is 0.0134. The second kappa shape index (κ2) is 35.7. The first-order valence-electron chi connectivity index (χ1n) is 28.4. The molecule has 1 aromatic heterocycles. The number of carboxylic acids is 1. The Labute approximate surface area is 505 Å². The van der Waals surface area contributed by atoms with E-state index in [0.29, 0.717) is 35.7 Å². The summed E-state index contributed by atoms with van der Waals surface area (Å²) in [4.78, 5) is 187. The van der Waals surface area contributed by atoms with E-state index in [1.807, 2.05) is 0 Å². The number of aliphatic hydroxyl groups is 3. The molecule has 0 aliphatic carbocycles. The first kappa shape index (κ1) is 73.4. The second-order valence-electron chi connectivity index (χ2n) is 21.5. The van der Waals surface area contributed by atoms with Gasteiger partial charge >= 0.3 is 5.97 Å². The van der Waals surface area contributed by atoms with E-state index in [9.17, 15) is 87.5 Å². The van der Waals surface area contributed by atoms with E-state index in [-0.39, 0.29) is 38.8 Å². The Morgan fingerprint density at radius 1 is 0.636 bits per heavy atom. The number of benzene rings is 1. The number of aliphatic hydroxyl groups excluding tert-OH is 3.